The highest BCUT2D eigenvalue weighted by Gasteiger charge is 2.51. The summed E-state index contributed by atoms with van der Waals surface area (Å²) in [5.41, 5.74) is 2.22. The first-order chi connectivity index (χ1) is 19.7. The molecule has 0 saturated carbocycles. The molecule has 4 N–H and O–H groups in total. The van der Waals surface area contributed by atoms with E-state index in [0.29, 0.717) is 39.7 Å². The van der Waals surface area contributed by atoms with Crippen LogP contribution in [0.5, 0.6) is 23.0 Å². The molecule has 220 valence electrons. The molecule has 2 heterocycles. The van der Waals surface area contributed by atoms with Crippen molar-refractivity contribution in [2.45, 2.75) is 57.6 Å². The Balaban J connectivity index is 1.58. The number of nitrogens with one attached hydrogen (secondary N) is 1. The predicted molar refractivity (Wildman–Crippen MR) is 147 cm³/mol. The molecular weight excluding hydrogens is 532 g/mol. The lowest BCUT2D eigenvalue weighted by atomic mass is 9.77. The second-order valence-corrected chi connectivity index (χ2v) is 10.8. The maximum Gasteiger partial charge on any atom is 0.247 e. The minimum absolute atomic E-state index is 0.0295. The molecule has 0 saturated heterocycles. The zero-order valence-corrected chi connectivity index (χ0v) is 23.3. The number of carbonyl (C=O) groups excluding carboxylic acids is 2. The topological polar surface area (TPSA) is 147 Å². The zero-order chi connectivity index (χ0) is 29.3. The van der Waals surface area contributed by atoms with Crippen LogP contribution >= 0.6 is 0 Å². The van der Waals surface area contributed by atoms with E-state index < -0.39 is 30.1 Å². The molecule has 0 radical (unpaired) electrons. The van der Waals surface area contributed by atoms with Crippen molar-refractivity contribution in [3.8, 4) is 23.0 Å². The summed E-state index contributed by atoms with van der Waals surface area (Å²) in [5, 5.41) is 33.7. The van der Waals surface area contributed by atoms with Crippen LogP contribution in [-0.4, -0.2) is 77.3 Å². The SMILES string of the molecule is COc1cc(CO)cc2c1OC1C2C(C(=O)NCCO)=CC(N(Cc2ccc3c(c2)OCO3)C(=O)CC(C)C)C1O. The van der Waals surface area contributed by atoms with E-state index in [2.05, 4.69) is 5.32 Å². The van der Waals surface area contributed by atoms with Crippen molar-refractivity contribution in [1.29, 1.82) is 0 Å². The van der Waals surface area contributed by atoms with E-state index in [-0.39, 0.29) is 51.3 Å². The second-order valence-electron chi connectivity index (χ2n) is 10.8. The lowest BCUT2D eigenvalue weighted by molar-refractivity contribution is -0.138. The molecular formula is C30H36N2O9. The van der Waals surface area contributed by atoms with Gasteiger partial charge in [-0.1, -0.05) is 19.9 Å². The Kier molecular flexibility index (Phi) is 8.39. The predicted octanol–water partition coefficient (Wildman–Crippen LogP) is 1.61. The van der Waals surface area contributed by atoms with Crippen LogP contribution in [0.25, 0.3) is 0 Å². The van der Waals surface area contributed by atoms with E-state index in [1.807, 2.05) is 19.9 Å². The molecule has 0 aromatic heterocycles. The highest BCUT2D eigenvalue weighted by atomic mass is 16.7. The van der Waals surface area contributed by atoms with Crippen LogP contribution < -0.4 is 24.3 Å². The van der Waals surface area contributed by atoms with Gasteiger partial charge in [0.25, 0.3) is 0 Å². The van der Waals surface area contributed by atoms with Crippen molar-refractivity contribution >= 4 is 11.8 Å². The fraction of sp³-hybridized carbons (Fsp3) is 0.467. The van der Waals surface area contributed by atoms with Crippen molar-refractivity contribution < 1.29 is 43.9 Å². The van der Waals surface area contributed by atoms with Gasteiger partial charge in [-0.05, 0) is 47.4 Å². The first kappa shape index (κ1) is 28.7. The first-order valence-electron chi connectivity index (χ1n) is 13.7. The molecule has 2 aromatic carbocycles. The standard InChI is InChI=1S/C30H36N2O9/c1-16(2)8-25(35)32(13-17-4-5-22-23(10-17)40-15-39-22)21-12-20(30(37)31-6-7-33)26-19-9-18(14-34)11-24(38-3)28(19)41-29(26)27(21)36/h4-5,9-12,16,21,26-27,29,33-34,36H,6-8,13-15H2,1-3H3,(H,31,37). The monoisotopic (exact) mass is 568 g/mol. The Hall–Kier alpha value is -3.80. The minimum Gasteiger partial charge on any atom is -0.493 e. The van der Waals surface area contributed by atoms with E-state index in [9.17, 15) is 24.9 Å². The van der Waals surface area contributed by atoms with Gasteiger partial charge in [0.1, 0.15) is 12.2 Å². The first-order valence-corrected chi connectivity index (χ1v) is 13.7. The number of ether oxygens (including phenoxy) is 4. The van der Waals surface area contributed by atoms with Crippen molar-refractivity contribution in [2.24, 2.45) is 5.92 Å². The Labute approximate surface area is 238 Å². The molecule has 11 heteroatoms. The summed E-state index contributed by atoms with van der Waals surface area (Å²) < 4.78 is 22.7. The highest BCUT2D eigenvalue weighted by Crippen LogP contribution is 2.51. The van der Waals surface area contributed by atoms with Gasteiger partial charge in [-0.15, -0.1) is 0 Å². The van der Waals surface area contributed by atoms with Gasteiger partial charge in [0.05, 0.1) is 32.3 Å². The van der Waals surface area contributed by atoms with Crippen LogP contribution in [0.1, 0.15) is 42.9 Å². The third-order valence-electron chi connectivity index (χ3n) is 7.55. The van der Waals surface area contributed by atoms with Gasteiger partial charge < -0.3 is 44.5 Å². The van der Waals surface area contributed by atoms with E-state index >= 15 is 0 Å². The number of aliphatic hydroxyl groups excluding tert-OH is 3. The van der Waals surface area contributed by atoms with Crippen molar-refractivity contribution in [2.75, 3.05) is 27.1 Å². The second kappa shape index (κ2) is 12.0. The third kappa shape index (κ3) is 5.57. The summed E-state index contributed by atoms with van der Waals surface area (Å²) >= 11 is 0. The van der Waals surface area contributed by atoms with Crippen LogP contribution in [0, 0.1) is 5.92 Å². The molecule has 5 rings (SSSR count). The third-order valence-corrected chi connectivity index (χ3v) is 7.55. The van der Waals surface area contributed by atoms with Gasteiger partial charge >= 0.3 is 0 Å². The normalized spacial score (nSPS) is 22.0. The smallest absolute Gasteiger partial charge is 0.247 e. The number of amides is 2. The van der Waals surface area contributed by atoms with Crippen LogP contribution in [0.2, 0.25) is 0 Å². The number of hydrogen-bond donors (Lipinski definition) is 4. The lowest BCUT2D eigenvalue weighted by Gasteiger charge is -2.41. The van der Waals surface area contributed by atoms with Gasteiger partial charge in [0.15, 0.2) is 23.0 Å². The number of fused-ring (bicyclic) bond motifs is 4. The molecule has 4 unspecified atom stereocenters. The van der Waals surface area contributed by atoms with Gasteiger partial charge in [0, 0.05) is 30.6 Å². The van der Waals surface area contributed by atoms with E-state index in [0.717, 1.165) is 5.56 Å². The number of carbonyl (C=O) groups is 2. The molecule has 0 bridgehead atoms. The minimum atomic E-state index is -1.20. The molecule has 0 spiro atoms. The van der Waals surface area contributed by atoms with Crippen LogP contribution in [0.15, 0.2) is 42.0 Å². The average molecular weight is 569 g/mol. The van der Waals surface area contributed by atoms with E-state index in [4.69, 9.17) is 18.9 Å². The summed E-state index contributed by atoms with van der Waals surface area (Å²) in [7, 11) is 1.48. The molecule has 11 nitrogen and oxygen atoms in total. The molecule has 2 amide bonds. The highest BCUT2D eigenvalue weighted by molar-refractivity contribution is 5.96. The average Bonchev–Trinajstić information content (AvgIpc) is 3.59. The Morgan fingerprint density at radius 1 is 1.12 bits per heavy atom. The van der Waals surface area contributed by atoms with Crippen LogP contribution in [0.4, 0.5) is 0 Å². The Morgan fingerprint density at radius 2 is 1.90 bits per heavy atom. The number of nitrogens with zero attached hydrogens (tertiary/aromatic N) is 1. The molecule has 0 fully saturated rings. The van der Waals surface area contributed by atoms with E-state index in [1.54, 1.807) is 35.2 Å². The molecule has 2 aliphatic heterocycles. The molecule has 41 heavy (non-hydrogen) atoms. The van der Waals surface area contributed by atoms with Gasteiger partial charge in [0.2, 0.25) is 18.6 Å². The molecule has 2 aromatic rings. The number of rotatable bonds is 10. The number of hydrogen-bond acceptors (Lipinski definition) is 9. The Morgan fingerprint density at radius 3 is 2.61 bits per heavy atom. The summed E-state index contributed by atoms with van der Waals surface area (Å²) in [5.74, 6) is 0.651. The van der Waals surface area contributed by atoms with E-state index in [1.165, 1.54) is 7.11 Å². The largest absolute Gasteiger partial charge is 0.493 e. The number of methoxy groups -OCH3 is 1. The quantitative estimate of drug-likeness (QED) is 0.336. The van der Waals surface area contributed by atoms with Gasteiger partial charge in [-0.3, -0.25) is 9.59 Å². The maximum absolute atomic E-state index is 13.7. The maximum atomic E-state index is 13.7. The Bertz CT molecular complexity index is 1340. The molecule has 3 aliphatic rings. The van der Waals surface area contributed by atoms with Crippen LogP contribution in [-0.2, 0) is 22.7 Å². The molecule has 4 atom stereocenters. The van der Waals surface area contributed by atoms with Gasteiger partial charge in [-0.25, -0.2) is 0 Å². The van der Waals surface area contributed by atoms with Crippen LogP contribution in [0.3, 0.4) is 0 Å². The number of benzene rings is 2. The summed E-state index contributed by atoms with van der Waals surface area (Å²) in [4.78, 5) is 28.7. The molecule has 1 aliphatic carbocycles. The fourth-order valence-corrected chi connectivity index (χ4v) is 5.68. The summed E-state index contributed by atoms with van der Waals surface area (Å²) in [6.07, 6.45) is -0.255. The van der Waals surface area contributed by atoms with Crippen molar-refractivity contribution in [1.82, 2.24) is 10.2 Å². The van der Waals surface area contributed by atoms with Crippen molar-refractivity contribution in [3.63, 3.8) is 0 Å². The van der Waals surface area contributed by atoms with Crippen molar-refractivity contribution in [3.05, 3.63) is 58.7 Å². The van der Waals surface area contributed by atoms with Gasteiger partial charge in [-0.2, -0.15) is 0 Å². The summed E-state index contributed by atoms with van der Waals surface area (Å²) in [6.45, 7) is 3.67. The zero-order valence-electron chi connectivity index (χ0n) is 23.3. The fourth-order valence-electron chi connectivity index (χ4n) is 5.68. The number of aliphatic hydroxyl groups is 3. The summed E-state index contributed by atoms with van der Waals surface area (Å²) in [6, 6.07) is 7.90. The lowest BCUT2D eigenvalue weighted by Crippen LogP contribution is -2.55.